The third-order valence-corrected chi connectivity index (χ3v) is 3.95. The fraction of sp³-hybridized carbons (Fsp3) is 0.571. The Morgan fingerprint density at radius 1 is 1.14 bits per heavy atom. The number of alkyl carbamates (subject to hydrolysis) is 1. The standard InChI is InChI=1S/C21H35N5O3/c1-7-15(2)26-18(27)17-10-8-9-16(13-17)14-25-19(22-6)23-11-12-24-20(28)29-21(3,4)5/h8-10,13,15H,7,11-12,14H2,1-6H3,(H,24,28)(H,26,27)(H2,22,23,25). The van der Waals surface area contributed by atoms with Crippen LogP contribution >= 0.6 is 0 Å². The number of hydrogen-bond donors (Lipinski definition) is 4. The number of amides is 2. The molecule has 162 valence electrons. The molecule has 1 atom stereocenters. The van der Waals surface area contributed by atoms with Crippen LogP contribution in [0.3, 0.4) is 0 Å². The van der Waals surface area contributed by atoms with Crippen LogP contribution in [0.15, 0.2) is 29.3 Å². The maximum Gasteiger partial charge on any atom is 0.407 e. The average Bonchev–Trinajstić information content (AvgIpc) is 2.66. The Labute approximate surface area is 173 Å². The molecule has 0 spiro atoms. The van der Waals surface area contributed by atoms with Crippen LogP contribution in [-0.2, 0) is 11.3 Å². The molecule has 4 N–H and O–H groups in total. The fourth-order valence-corrected chi connectivity index (χ4v) is 2.30. The van der Waals surface area contributed by atoms with Crippen LogP contribution in [0.25, 0.3) is 0 Å². The van der Waals surface area contributed by atoms with Gasteiger partial charge in [0.1, 0.15) is 5.60 Å². The molecule has 0 bridgehead atoms. The zero-order valence-electron chi connectivity index (χ0n) is 18.4. The van der Waals surface area contributed by atoms with Gasteiger partial charge in [-0.05, 0) is 51.8 Å². The Morgan fingerprint density at radius 3 is 2.45 bits per heavy atom. The van der Waals surface area contributed by atoms with Crippen LogP contribution in [0.5, 0.6) is 0 Å². The minimum atomic E-state index is -0.519. The predicted octanol–water partition coefficient (Wildman–Crippen LogP) is 2.40. The number of nitrogens with zero attached hydrogens (tertiary/aromatic N) is 1. The number of carbonyl (C=O) groups excluding carboxylic acids is 2. The van der Waals surface area contributed by atoms with Gasteiger partial charge in [0.05, 0.1) is 0 Å². The highest BCUT2D eigenvalue weighted by Gasteiger charge is 2.15. The van der Waals surface area contributed by atoms with E-state index in [0.29, 0.717) is 31.2 Å². The lowest BCUT2D eigenvalue weighted by molar-refractivity contribution is 0.0528. The van der Waals surface area contributed by atoms with Crippen molar-refractivity contribution in [2.24, 2.45) is 4.99 Å². The Bertz CT molecular complexity index is 698. The van der Waals surface area contributed by atoms with Crippen molar-refractivity contribution in [3.8, 4) is 0 Å². The quantitative estimate of drug-likeness (QED) is 0.302. The van der Waals surface area contributed by atoms with E-state index in [1.165, 1.54) is 0 Å². The predicted molar refractivity (Wildman–Crippen MR) is 116 cm³/mol. The van der Waals surface area contributed by atoms with Crippen molar-refractivity contribution in [2.75, 3.05) is 20.1 Å². The number of benzene rings is 1. The normalized spacial score (nSPS) is 12.7. The summed E-state index contributed by atoms with van der Waals surface area (Å²) in [6, 6.07) is 7.62. The molecule has 2 amide bonds. The van der Waals surface area contributed by atoms with E-state index in [1.54, 1.807) is 13.1 Å². The molecule has 0 radical (unpaired) electrons. The number of ether oxygens (including phenoxy) is 1. The average molecular weight is 406 g/mol. The number of guanidine groups is 1. The molecule has 0 fully saturated rings. The minimum Gasteiger partial charge on any atom is -0.444 e. The van der Waals surface area contributed by atoms with Crippen molar-refractivity contribution >= 4 is 18.0 Å². The lowest BCUT2D eigenvalue weighted by atomic mass is 10.1. The van der Waals surface area contributed by atoms with E-state index in [1.807, 2.05) is 52.8 Å². The molecule has 0 aliphatic carbocycles. The van der Waals surface area contributed by atoms with Gasteiger partial charge in [-0.1, -0.05) is 19.1 Å². The van der Waals surface area contributed by atoms with Crippen LogP contribution in [0.1, 0.15) is 57.0 Å². The summed E-state index contributed by atoms with van der Waals surface area (Å²) < 4.78 is 5.18. The molecule has 0 aliphatic heterocycles. The molecule has 1 rings (SSSR count). The van der Waals surface area contributed by atoms with E-state index >= 15 is 0 Å². The fourth-order valence-electron chi connectivity index (χ4n) is 2.30. The van der Waals surface area contributed by atoms with Gasteiger partial charge in [-0.2, -0.15) is 0 Å². The summed E-state index contributed by atoms with van der Waals surface area (Å²) >= 11 is 0. The Hall–Kier alpha value is -2.77. The van der Waals surface area contributed by atoms with Crippen LogP contribution in [0.2, 0.25) is 0 Å². The van der Waals surface area contributed by atoms with Crippen molar-refractivity contribution in [2.45, 2.75) is 59.2 Å². The highest BCUT2D eigenvalue weighted by molar-refractivity contribution is 5.94. The second-order valence-corrected chi connectivity index (χ2v) is 7.76. The topological polar surface area (TPSA) is 104 Å². The first-order chi connectivity index (χ1) is 13.6. The number of nitrogens with one attached hydrogen (secondary N) is 4. The van der Waals surface area contributed by atoms with Crippen molar-refractivity contribution in [1.82, 2.24) is 21.3 Å². The van der Waals surface area contributed by atoms with Gasteiger partial charge >= 0.3 is 6.09 Å². The molecule has 0 saturated carbocycles. The van der Waals surface area contributed by atoms with Crippen molar-refractivity contribution < 1.29 is 14.3 Å². The second kappa shape index (κ2) is 11.9. The molecule has 0 aliphatic rings. The van der Waals surface area contributed by atoms with Gasteiger partial charge < -0.3 is 26.0 Å². The van der Waals surface area contributed by atoms with Gasteiger partial charge in [-0.15, -0.1) is 0 Å². The maximum atomic E-state index is 12.3. The van der Waals surface area contributed by atoms with Crippen LogP contribution in [0.4, 0.5) is 4.79 Å². The molecule has 8 heteroatoms. The maximum absolute atomic E-state index is 12.3. The summed E-state index contributed by atoms with van der Waals surface area (Å²) in [6.45, 7) is 10.9. The van der Waals surface area contributed by atoms with E-state index in [4.69, 9.17) is 4.74 Å². The SMILES string of the molecule is CCC(C)NC(=O)c1cccc(CNC(=NC)NCCNC(=O)OC(C)(C)C)c1. The monoisotopic (exact) mass is 405 g/mol. The van der Waals surface area contributed by atoms with Gasteiger partial charge in [0.15, 0.2) is 5.96 Å². The van der Waals surface area contributed by atoms with Crippen LogP contribution in [-0.4, -0.2) is 49.7 Å². The lowest BCUT2D eigenvalue weighted by Crippen LogP contribution is -2.42. The third kappa shape index (κ3) is 10.4. The molecule has 0 saturated heterocycles. The van der Waals surface area contributed by atoms with Crippen molar-refractivity contribution in [3.63, 3.8) is 0 Å². The first kappa shape index (κ1) is 24.3. The van der Waals surface area contributed by atoms with Gasteiger partial charge in [0, 0.05) is 38.3 Å². The van der Waals surface area contributed by atoms with Gasteiger partial charge in [-0.3, -0.25) is 9.79 Å². The third-order valence-electron chi connectivity index (χ3n) is 3.95. The van der Waals surface area contributed by atoms with Crippen LogP contribution in [0, 0.1) is 0 Å². The van der Waals surface area contributed by atoms with E-state index in [2.05, 4.69) is 26.3 Å². The molecule has 1 aromatic rings. The molecular weight excluding hydrogens is 370 g/mol. The minimum absolute atomic E-state index is 0.0723. The van der Waals surface area contributed by atoms with E-state index in [-0.39, 0.29) is 11.9 Å². The first-order valence-electron chi connectivity index (χ1n) is 9.95. The van der Waals surface area contributed by atoms with E-state index in [0.717, 1.165) is 12.0 Å². The summed E-state index contributed by atoms with van der Waals surface area (Å²) in [5.74, 6) is 0.530. The zero-order chi connectivity index (χ0) is 21.9. The number of aliphatic imine (C=N–C) groups is 1. The summed E-state index contributed by atoms with van der Waals surface area (Å²) in [5.41, 5.74) is 1.08. The van der Waals surface area contributed by atoms with Crippen molar-refractivity contribution in [3.05, 3.63) is 35.4 Å². The summed E-state index contributed by atoms with van der Waals surface area (Å²) in [7, 11) is 1.67. The first-order valence-corrected chi connectivity index (χ1v) is 9.95. The smallest absolute Gasteiger partial charge is 0.407 e. The van der Waals surface area contributed by atoms with E-state index < -0.39 is 11.7 Å². The summed E-state index contributed by atoms with van der Waals surface area (Å²) in [4.78, 5) is 28.0. The number of hydrogen-bond acceptors (Lipinski definition) is 4. The zero-order valence-corrected chi connectivity index (χ0v) is 18.4. The van der Waals surface area contributed by atoms with Gasteiger partial charge in [0.25, 0.3) is 5.91 Å². The Morgan fingerprint density at radius 2 is 1.83 bits per heavy atom. The largest absolute Gasteiger partial charge is 0.444 e. The molecule has 29 heavy (non-hydrogen) atoms. The van der Waals surface area contributed by atoms with Crippen molar-refractivity contribution in [1.29, 1.82) is 0 Å². The molecule has 8 nitrogen and oxygen atoms in total. The lowest BCUT2D eigenvalue weighted by Gasteiger charge is -2.20. The molecule has 0 heterocycles. The Balaban J connectivity index is 2.44. The molecule has 1 unspecified atom stereocenters. The van der Waals surface area contributed by atoms with Crippen LogP contribution < -0.4 is 21.3 Å². The number of rotatable bonds is 8. The second-order valence-electron chi connectivity index (χ2n) is 7.76. The summed E-state index contributed by atoms with van der Waals surface area (Å²) in [5, 5.41) is 12.0. The highest BCUT2D eigenvalue weighted by atomic mass is 16.6. The Kier molecular flexibility index (Phi) is 9.99. The van der Waals surface area contributed by atoms with Gasteiger partial charge in [-0.25, -0.2) is 4.79 Å². The van der Waals surface area contributed by atoms with Gasteiger partial charge in [0.2, 0.25) is 0 Å². The molecule has 0 aromatic heterocycles. The summed E-state index contributed by atoms with van der Waals surface area (Å²) in [6.07, 6.45) is 0.437. The number of carbonyl (C=O) groups is 2. The van der Waals surface area contributed by atoms with E-state index in [9.17, 15) is 9.59 Å². The molecule has 1 aromatic carbocycles. The molecular formula is C21H35N5O3. The highest BCUT2D eigenvalue weighted by Crippen LogP contribution is 2.07.